The van der Waals surface area contributed by atoms with Gasteiger partial charge in [0.2, 0.25) is 0 Å². The SMILES string of the molecule is CC(C)C[C@H](NC(=S)[C@@H]1OC(C)(C)N(C(=O)OC(C)(C)C)[C@@H]1Cc1ccccc1)C(=O)OC(C)(C)C. The van der Waals surface area contributed by atoms with Gasteiger partial charge in [0.05, 0.1) is 6.04 Å². The first-order valence-electron chi connectivity index (χ1n) is 12.7. The van der Waals surface area contributed by atoms with Crippen LogP contribution in [-0.4, -0.2) is 57.1 Å². The van der Waals surface area contributed by atoms with E-state index in [1.807, 2.05) is 99.6 Å². The summed E-state index contributed by atoms with van der Waals surface area (Å²) in [7, 11) is 0. The first-order valence-corrected chi connectivity index (χ1v) is 13.1. The van der Waals surface area contributed by atoms with Gasteiger partial charge in [-0.25, -0.2) is 9.59 Å². The highest BCUT2D eigenvalue weighted by Gasteiger charge is 2.53. The van der Waals surface area contributed by atoms with Gasteiger partial charge < -0.3 is 19.5 Å². The van der Waals surface area contributed by atoms with Crippen LogP contribution in [0.3, 0.4) is 0 Å². The van der Waals surface area contributed by atoms with Crippen molar-refractivity contribution in [2.75, 3.05) is 0 Å². The summed E-state index contributed by atoms with van der Waals surface area (Å²) in [5, 5.41) is 3.23. The van der Waals surface area contributed by atoms with E-state index in [0.29, 0.717) is 17.8 Å². The van der Waals surface area contributed by atoms with Crippen molar-refractivity contribution in [2.24, 2.45) is 5.92 Å². The summed E-state index contributed by atoms with van der Waals surface area (Å²) in [4.78, 5) is 28.4. The molecule has 36 heavy (non-hydrogen) atoms. The molecule has 0 saturated carbocycles. The van der Waals surface area contributed by atoms with Crippen molar-refractivity contribution >= 4 is 29.3 Å². The average molecular weight is 521 g/mol. The number of nitrogens with zero attached hydrogens (tertiary/aromatic N) is 1. The minimum Gasteiger partial charge on any atom is -0.458 e. The molecule has 1 fully saturated rings. The highest BCUT2D eigenvalue weighted by atomic mass is 32.1. The number of rotatable bonds is 7. The van der Waals surface area contributed by atoms with Crippen LogP contribution < -0.4 is 5.32 Å². The fourth-order valence-electron chi connectivity index (χ4n) is 4.24. The van der Waals surface area contributed by atoms with Crippen LogP contribution in [0, 0.1) is 5.92 Å². The van der Waals surface area contributed by atoms with Crippen LogP contribution in [0.15, 0.2) is 30.3 Å². The molecule has 0 bridgehead atoms. The molecule has 1 aliphatic rings. The zero-order chi connectivity index (χ0) is 27.5. The van der Waals surface area contributed by atoms with Gasteiger partial charge in [-0.05, 0) is 79.7 Å². The Balaban J connectivity index is 2.39. The monoisotopic (exact) mass is 520 g/mol. The lowest BCUT2D eigenvalue weighted by molar-refractivity contribution is -0.157. The zero-order valence-corrected chi connectivity index (χ0v) is 24.3. The van der Waals surface area contributed by atoms with Gasteiger partial charge in [-0.1, -0.05) is 56.4 Å². The number of carbonyl (C=O) groups is 2. The van der Waals surface area contributed by atoms with E-state index in [1.165, 1.54) is 0 Å². The van der Waals surface area contributed by atoms with Gasteiger partial charge in [0.25, 0.3) is 0 Å². The molecule has 1 aromatic rings. The van der Waals surface area contributed by atoms with E-state index in [9.17, 15) is 9.59 Å². The predicted octanol–water partition coefficient (Wildman–Crippen LogP) is 5.64. The molecule has 0 aromatic heterocycles. The van der Waals surface area contributed by atoms with Crippen molar-refractivity contribution in [3.63, 3.8) is 0 Å². The number of amides is 1. The summed E-state index contributed by atoms with van der Waals surface area (Å²) in [6.45, 7) is 18.8. The summed E-state index contributed by atoms with van der Waals surface area (Å²) in [6, 6.07) is 8.82. The standard InChI is InChI=1S/C28H44N2O5S/c1-18(2)16-20(24(31)34-26(3,4)5)29-23(36)22-21(17-19-14-12-11-13-15-19)30(28(9,10)33-22)25(32)35-27(6,7)8/h11-15,18,20-22H,16-17H2,1-10H3,(H,29,36)/t20-,21+,22+/m0/s1. The molecule has 3 atom stereocenters. The van der Waals surface area contributed by atoms with Gasteiger partial charge >= 0.3 is 12.1 Å². The lowest BCUT2D eigenvalue weighted by Crippen LogP contribution is -2.53. The van der Waals surface area contributed by atoms with Gasteiger partial charge in [0, 0.05) is 0 Å². The van der Waals surface area contributed by atoms with Crippen LogP contribution in [0.5, 0.6) is 0 Å². The van der Waals surface area contributed by atoms with Crippen molar-refractivity contribution in [1.82, 2.24) is 10.2 Å². The lowest BCUT2D eigenvalue weighted by atomic mass is 9.99. The normalized spacial score (nSPS) is 20.7. The number of carbonyl (C=O) groups excluding carboxylic acids is 2. The summed E-state index contributed by atoms with van der Waals surface area (Å²) in [5.74, 6) is -0.128. The van der Waals surface area contributed by atoms with Crippen molar-refractivity contribution in [2.45, 2.75) is 117 Å². The fraction of sp³-hybridized carbons (Fsp3) is 0.679. The molecule has 1 aliphatic heterocycles. The Hall–Kier alpha value is -2.19. The van der Waals surface area contributed by atoms with Gasteiger partial charge in [-0.3, -0.25) is 4.90 Å². The second-order valence-electron chi connectivity index (χ2n) is 12.3. The molecule has 0 unspecified atom stereocenters. The Kier molecular flexibility index (Phi) is 9.57. The number of benzene rings is 1. The smallest absolute Gasteiger partial charge is 0.412 e. The van der Waals surface area contributed by atoms with E-state index in [0.717, 1.165) is 5.56 Å². The Morgan fingerprint density at radius 3 is 2.11 bits per heavy atom. The number of thiocarbonyl (C=S) groups is 1. The minimum atomic E-state index is -0.975. The summed E-state index contributed by atoms with van der Waals surface area (Å²) in [5.41, 5.74) is -1.22. The van der Waals surface area contributed by atoms with Crippen LogP contribution in [0.1, 0.15) is 81.2 Å². The Morgan fingerprint density at radius 1 is 1.06 bits per heavy atom. The second kappa shape index (κ2) is 11.5. The van der Waals surface area contributed by atoms with Crippen molar-refractivity contribution in [1.29, 1.82) is 0 Å². The van der Waals surface area contributed by atoms with Crippen LogP contribution in [0.25, 0.3) is 0 Å². The predicted molar refractivity (Wildman–Crippen MR) is 146 cm³/mol. The molecule has 0 radical (unpaired) electrons. The lowest BCUT2D eigenvalue weighted by Gasteiger charge is -2.35. The molecule has 2 rings (SSSR count). The maximum atomic E-state index is 13.4. The third-order valence-electron chi connectivity index (χ3n) is 5.53. The highest BCUT2D eigenvalue weighted by Crippen LogP contribution is 2.36. The number of nitrogens with one attached hydrogen (secondary N) is 1. The summed E-state index contributed by atoms with van der Waals surface area (Å²) in [6.07, 6.45) is -0.0499. The molecule has 1 amide bonds. The molecular formula is C28H44N2O5S. The van der Waals surface area contributed by atoms with Gasteiger partial charge in [-0.2, -0.15) is 0 Å². The number of ether oxygens (including phenoxy) is 3. The maximum absolute atomic E-state index is 13.4. The first kappa shape index (κ1) is 30.0. The molecule has 202 valence electrons. The van der Waals surface area contributed by atoms with Gasteiger partial charge in [0.1, 0.15) is 34.1 Å². The third kappa shape index (κ3) is 8.73. The van der Waals surface area contributed by atoms with E-state index in [4.69, 9.17) is 26.4 Å². The first-order chi connectivity index (χ1) is 16.4. The molecule has 1 aromatic carbocycles. The molecule has 1 N–H and O–H groups in total. The van der Waals surface area contributed by atoms with Gasteiger partial charge in [-0.15, -0.1) is 0 Å². The van der Waals surface area contributed by atoms with E-state index < -0.39 is 41.2 Å². The molecule has 7 nitrogen and oxygen atoms in total. The van der Waals surface area contributed by atoms with E-state index in [1.54, 1.807) is 4.90 Å². The Labute approximate surface area is 222 Å². The topological polar surface area (TPSA) is 77.1 Å². The second-order valence-corrected chi connectivity index (χ2v) is 12.8. The molecule has 0 aliphatic carbocycles. The molecule has 0 spiro atoms. The quantitative estimate of drug-likeness (QED) is 0.368. The Morgan fingerprint density at radius 2 is 1.61 bits per heavy atom. The van der Waals surface area contributed by atoms with Crippen molar-refractivity contribution < 1.29 is 23.8 Å². The Bertz CT molecular complexity index is 918. The van der Waals surface area contributed by atoms with E-state index in [-0.39, 0.29) is 11.9 Å². The number of esters is 1. The molecule has 1 heterocycles. The summed E-state index contributed by atoms with van der Waals surface area (Å²) >= 11 is 5.83. The van der Waals surface area contributed by atoms with Crippen molar-refractivity contribution in [3.8, 4) is 0 Å². The number of hydrogen-bond acceptors (Lipinski definition) is 6. The number of hydrogen-bond donors (Lipinski definition) is 1. The largest absolute Gasteiger partial charge is 0.458 e. The highest BCUT2D eigenvalue weighted by molar-refractivity contribution is 7.80. The molecule has 1 saturated heterocycles. The summed E-state index contributed by atoms with van der Waals surface area (Å²) < 4.78 is 17.8. The molecule has 8 heteroatoms. The third-order valence-corrected chi connectivity index (χ3v) is 5.88. The average Bonchev–Trinajstić information content (AvgIpc) is 2.95. The van der Waals surface area contributed by atoms with E-state index in [2.05, 4.69) is 5.32 Å². The van der Waals surface area contributed by atoms with Crippen molar-refractivity contribution in [3.05, 3.63) is 35.9 Å². The van der Waals surface area contributed by atoms with Crippen LogP contribution in [0.2, 0.25) is 0 Å². The maximum Gasteiger partial charge on any atom is 0.412 e. The minimum absolute atomic E-state index is 0.233. The molecular weight excluding hydrogens is 476 g/mol. The van der Waals surface area contributed by atoms with Crippen LogP contribution in [-0.2, 0) is 25.4 Å². The van der Waals surface area contributed by atoms with Crippen LogP contribution >= 0.6 is 12.2 Å². The zero-order valence-electron chi connectivity index (χ0n) is 23.5. The fourth-order valence-corrected chi connectivity index (χ4v) is 4.59. The van der Waals surface area contributed by atoms with Gasteiger partial charge in [0.15, 0.2) is 0 Å². The van der Waals surface area contributed by atoms with Crippen LogP contribution in [0.4, 0.5) is 4.79 Å². The van der Waals surface area contributed by atoms with E-state index >= 15 is 0 Å².